The van der Waals surface area contributed by atoms with Gasteiger partial charge in [0.15, 0.2) is 0 Å². The summed E-state index contributed by atoms with van der Waals surface area (Å²) in [6, 6.07) is 0. The molecule has 0 aliphatic rings. The van der Waals surface area contributed by atoms with Gasteiger partial charge in [-0.3, -0.25) is 0 Å². The van der Waals surface area contributed by atoms with Crippen molar-refractivity contribution in [1.82, 2.24) is 0 Å². The molecule has 92 valence electrons. The SMILES string of the molecule is CCCCCCC(CCCCC)OCC. The predicted molar refractivity (Wildman–Crippen MR) is 68.3 cm³/mol. The Hall–Kier alpha value is -0.0400. The maximum absolute atomic E-state index is 5.77. The lowest BCUT2D eigenvalue weighted by Gasteiger charge is -2.16. The Balaban J connectivity index is 3.44. The maximum Gasteiger partial charge on any atom is 0.0575 e. The highest BCUT2D eigenvalue weighted by Crippen LogP contribution is 2.14. The molecule has 0 fully saturated rings. The van der Waals surface area contributed by atoms with Gasteiger partial charge in [0.1, 0.15) is 0 Å². The van der Waals surface area contributed by atoms with E-state index in [2.05, 4.69) is 20.8 Å². The standard InChI is InChI=1S/C14H30O/c1-4-7-9-11-13-14(15-6-3)12-10-8-5-2/h14H,4-13H2,1-3H3. The quantitative estimate of drug-likeness (QED) is 0.442. The van der Waals surface area contributed by atoms with Crippen molar-refractivity contribution in [2.24, 2.45) is 0 Å². The van der Waals surface area contributed by atoms with E-state index >= 15 is 0 Å². The van der Waals surface area contributed by atoms with E-state index in [1.807, 2.05) is 0 Å². The largest absolute Gasteiger partial charge is 0.379 e. The van der Waals surface area contributed by atoms with E-state index < -0.39 is 0 Å². The molecule has 0 N–H and O–H groups in total. The molecule has 1 atom stereocenters. The summed E-state index contributed by atoms with van der Waals surface area (Å²) in [6.45, 7) is 7.52. The van der Waals surface area contributed by atoms with Gasteiger partial charge in [-0.25, -0.2) is 0 Å². The molecule has 0 radical (unpaired) electrons. The summed E-state index contributed by atoms with van der Waals surface area (Å²) in [4.78, 5) is 0. The smallest absolute Gasteiger partial charge is 0.0575 e. The molecule has 0 amide bonds. The third-order valence-corrected chi connectivity index (χ3v) is 2.91. The highest BCUT2D eigenvalue weighted by molar-refractivity contribution is 4.59. The fourth-order valence-corrected chi connectivity index (χ4v) is 1.97. The summed E-state index contributed by atoms with van der Waals surface area (Å²) in [5.41, 5.74) is 0. The summed E-state index contributed by atoms with van der Waals surface area (Å²) in [5.74, 6) is 0. The van der Waals surface area contributed by atoms with Gasteiger partial charge in [0.2, 0.25) is 0 Å². The van der Waals surface area contributed by atoms with Gasteiger partial charge in [-0.2, -0.15) is 0 Å². The molecular formula is C14H30O. The van der Waals surface area contributed by atoms with Crippen LogP contribution in [0.25, 0.3) is 0 Å². The third-order valence-electron chi connectivity index (χ3n) is 2.91. The van der Waals surface area contributed by atoms with Crippen molar-refractivity contribution in [3.8, 4) is 0 Å². The molecule has 0 aromatic heterocycles. The normalized spacial score (nSPS) is 13.0. The highest BCUT2D eigenvalue weighted by atomic mass is 16.5. The molecule has 0 rings (SSSR count). The molecular weight excluding hydrogens is 184 g/mol. The van der Waals surface area contributed by atoms with E-state index in [1.54, 1.807) is 0 Å². The molecule has 1 heteroatoms. The lowest BCUT2D eigenvalue weighted by molar-refractivity contribution is 0.0471. The average molecular weight is 214 g/mol. The first kappa shape index (κ1) is 15.0. The van der Waals surface area contributed by atoms with Crippen LogP contribution in [0.2, 0.25) is 0 Å². The topological polar surface area (TPSA) is 9.23 Å². The van der Waals surface area contributed by atoms with Crippen LogP contribution in [0, 0.1) is 0 Å². The molecule has 0 aromatic carbocycles. The minimum absolute atomic E-state index is 0.540. The predicted octanol–water partition coefficient (Wildman–Crippen LogP) is 4.94. The lowest BCUT2D eigenvalue weighted by atomic mass is 10.0. The molecule has 1 unspecified atom stereocenters. The minimum Gasteiger partial charge on any atom is -0.379 e. The Morgan fingerprint density at radius 2 is 1.27 bits per heavy atom. The molecule has 0 aliphatic heterocycles. The summed E-state index contributed by atoms with van der Waals surface area (Å²) in [7, 11) is 0. The van der Waals surface area contributed by atoms with E-state index in [0.717, 1.165) is 6.61 Å². The van der Waals surface area contributed by atoms with E-state index in [4.69, 9.17) is 4.74 Å². The Morgan fingerprint density at radius 3 is 1.80 bits per heavy atom. The Kier molecular flexibility index (Phi) is 12.0. The van der Waals surface area contributed by atoms with Crippen LogP contribution >= 0.6 is 0 Å². The van der Waals surface area contributed by atoms with Gasteiger partial charge in [0.05, 0.1) is 6.10 Å². The van der Waals surface area contributed by atoms with Crippen molar-refractivity contribution in [3.63, 3.8) is 0 Å². The van der Waals surface area contributed by atoms with Gasteiger partial charge in [-0.15, -0.1) is 0 Å². The van der Waals surface area contributed by atoms with Crippen LogP contribution in [-0.2, 0) is 4.74 Å². The van der Waals surface area contributed by atoms with E-state index in [0.29, 0.717) is 6.10 Å². The zero-order valence-corrected chi connectivity index (χ0v) is 11.1. The fraction of sp³-hybridized carbons (Fsp3) is 1.00. The van der Waals surface area contributed by atoms with Gasteiger partial charge >= 0.3 is 0 Å². The first-order valence-electron chi connectivity index (χ1n) is 6.96. The van der Waals surface area contributed by atoms with E-state index in [9.17, 15) is 0 Å². The second-order valence-corrected chi connectivity index (χ2v) is 4.42. The molecule has 15 heavy (non-hydrogen) atoms. The number of unbranched alkanes of at least 4 members (excludes halogenated alkanes) is 5. The van der Waals surface area contributed by atoms with Crippen molar-refractivity contribution in [2.75, 3.05) is 6.61 Å². The number of hydrogen-bond acceptors (Lipinski definition) is 1. The molecule has 0 spiro atoms. The molecule has 0 aliphatic carbocycles. The number of ether oxygens (including phenoxy) is 1. The Bertz CT molecular complexity index is 112. The number of hydrogen-bond donors (Lipinski definition) is 0. The van der Waals surface area contributed by atoms with Gasteiger partial charge in [-0.05, 0) is 19.8 Å². The Labute approximate surface area is 96.6 Å². The van der Waals surface area contributed by atoms with Crippen molar-refractivity contribution in [3.05, 3.63) is 0 Å². The molecule has 0 saturated carbocycles. The van der Waals surface area contributed by atoms with Crippen LogP contribution < -0.4 is 0 Å². The molecule has 0 saturated heterocycles. The van der Waals surface area contributed by atoms with Crippen molar-refractivity contribution in [2.45, 2.75) is 84.7 Å². The first-order valence-corrected chi connectivity index (χ1v) is 6.96. The van der Waals surface area contributed by atoms with Crippen molar-refractivity contribution in [1.29, 1.82) is 0 Å². The van der Waals surface area contributed by atoms with Crippen molar-refractivity contribution >= 4 is 0 Å². The molecule has 0 bridgehead atoms. The van der Waals surface area contributed by atoms with Gasteiger partial charge < -0.3 is 4.74 Å². The van der Waals surface area contributed by atoms with Crippen LogP contribution in [0.1, 0.15) is 78.6 Å². The molecule has 0 aromatic rings. The summed E-state index contributed by atoms with van der Waals surface area (Å²) in [6.07, 6.45) is 12.5. The fourth-order valence-electron chi connectivity index (χ4n) is 1.97. The van der Waals surface area contributed by atoms with Crippen molar-refractivity contribution < 1.29 is 4.74 Å². The van der Waals surface area contributed by atoms with Gasteiger partial charge in [-0.1, -0.05) is 58.8 Å². The Morgan fingerprint density at radius 1 is 0.733 bits per heavy atom. The van der Waals surface area contributed by atoms with Crippen LogP contribution in [0.15, 0.2) is 0 Å². The van der Waals surface area contributed by atoms with Gasteiger partial charge in [0.25, 0.3) is 0 Å². The van der Waals surface area contributed by atoms with Crippen LogP contribution in [0.3, 0.4) is 0 Å². The summed E-state index contributed by atoms with van der Waals surface area (Å²) >= 11 is 0. The first-order chi connectivity index (χ1) is 7.35. The van der Waals surface area contributed by atoms with Crippen LogP contribution in [0.4, 0.5) is 0 Å². The molecule has 0 heterocycles. The zero-order chi connectivity index (χ0) is 11.4. The highest BCUT2D eigenvalue weighted by Gasteiger charge is 2.07. The number of rotatable bonds is 11. The second-order valence-electron chi connectivity index (χ2n) is 4.42. The van der Waals surface area contributed by atoms with E-state index in [1.165, 1.54) is 57.8 Å². The zero-order valence-electron chi connectivity index (χ0n) is 11.1. The second kappa shape index (κ2) is 12.0. The van der Waals surface area contributed by atoms with Gasteiger partial charge in [0, 0.05) is 6.61 Å². The molecule has 1 nitrogen and oxygen atoms in total. The van der Waals surface area contributed by atoms with E-state index in [-0.39, 0.29) is 0 Å². The summed E-state index contributed by atoms with van der Waals surface area (Å²) < 4.78 is 5.77. The lowest BCUT2D eigenvalue weighted by Crippen LogP contribution is -2.12. The van der Waals surface area contributed by atoms with Crippen LogP contribution in [0.5, 0.6) is 0 Å². The monoisotopic (exact) mass is 214 g/mol. The summed E-state index contributed by atoms with van der Waals surface area (Å²) in [5, 5.41) is 0. The van der Waals surface area contributed by atoms with Crippen LogP contribution in [-0.4, -0.2) is 12.7 Å². The maximum atomic E-state index is 5.77. The third kappa shape index (κ3) is 10.2. The minimum atomic E-state index is 0.540. The average Bonchev–Trinajstić information content (AvgIpc) is 2.24.